The van der Waals surface area contributed by atoms with Crippen LogP contribution in [0.2, 0.25) is 5.02 Å². The molecule has 0 spiro atoms. The second-order valence-corrected chi connectivity index (χ2v) is 9.26. The van der Waals surface area contributed by atoms with Crippen LogP contribution in [0.5, 0.6) is 0 Å². The number of nitrogens with two attached hydrogens (primary N) is 1. The number of hydrogen-bond donors (Lipinski definition) is 2. The molecule has 10 heteroatoms. The van der Waals surface area contributed by atoms with E-state index in [-0.39, 0.29) is 21.7 Å². The monoisotopic (exact) mass is 486 g/mol. The fourth-order valence-electron chi connectivity index (χ4n) is 3.62. The Morgan fingerprint density at radius 2 is 1.52 bits per heavy atom. The maximum absolute atomic E-state index is 13.6. The number of Topliss-reactive ketones (excluding diaryl/α,β-unsaturated/α-hetero) is 1. The highest BCUT2D eigenvalue weighted by molar-refractivity contribution is 7.89. The molecular weight excluding hydrogens is 471 g/mol. The van der Waals surface area contributed by atoms with Crippen molar-refractivity contribution in [2.24, 2.45) is 5.14 Å². The Morgan fingerprint density at radius 1 is 0.939 bits per heavy atom. The molecule has 3 N–H and O–H groups in total. The third kappa shape index (κ3) is 4.25. The molecule has 1 saturated heterocycles. The summed E-state index contributed by atoms with van der Waals surface area (Å²) in [5.74, 6) is -2.84. The molecule has 4 rings (SSSR count). The molecule has 1 amide bonds. The number of hydrogen-bond acceptors (Lipinski definition) is 5. The van der Waals surface area contributed by atoms with Crippen LogP contribution in [0.25, 0.3) is 5.76 Å². The summed E-state index contributed by atoms with van der Waals surface area (Å²) in [4.78, 5) is 27.0. The van der Waals surface area contributed by atoms with Crippen molar-refractivity contribution in [1.82, 2.24) is 0 Å². The van der Waals surface area contributed by atoms with Crippen LogP contribution in [0.15, 0.2) is 83.3 Å². The molecule has 168 valence electrons. The topological polar surface area (TPSA) is 118 Å². The van der Waals surface area contributed by atoms with Crippen LogP contribution >= 0.6 is 11.6 Å². The smallest absolute Gasteiger partial charge is 0.300 e. The molecule has 0 saturated carbocycles. The highest BCUT2D eigenvalue weighted by Crippen LogP contribution is 2.42. The van der Waals surface area contributed by atoms with Crippen molar-refractivity contribution in [1.29, 1.82) is 0 Å². The minimum atomic E-state index is -3.97. The Morgan fingerprint density at radius 3 is 2.06 bits per heavy atom. The van der Waals surface area contributed by atoms with Crippen molar-refractivity contribution in [2.45, 2.75) is 10.9 Å². The number of anilines is 1. The molecule has 0 aliphatic carbocycles. The Bertz CT molecular complexity index is 1390. The van der Waals surface area contributed by atoms with E-state index in [0.717, 1.165) is 4.90 Å². The van der Waals surface area contributed by atoms with Gasteiger partial charge in [-0.3, -0.25) is 14.5 Å². The fraction of sp³-hybridized carbons (Fsp3) is 0.0435. The van der Waals surface area contributed by atoms with E-state index in [9.17, 15) is 27.5 Å². The van der Waals surface area contributed by atoms with Crippen molar-refractivity contribution in [2.75, 3.05) is 4.90 Å². The number of primary sulfonamides is 1. The van der Waals surface area contributed by atoms with E-state index in [1.54, 1.807) is 0 Å². The summed E-state index contributed by atoms with van der Waals surface area (Å²) in [7, 11) is -3.97. The molecule has 1 fully saturated rings. The van der Waals surface area contributed by atoms with E-state index in [1.165, 1.54) is 72.8 Å². The number of aliphatic hydroxyl groups excluding tert-OH is 1. The van der Waals surface area contributed by atoms with E-state index in [2.05, 4.69) is 0 Å². The first-order valence-corrected chi connectivity index (χ1v) is 11.5. The molecular formula is C23H16ClFN2O5S. The number of benzene rings is 3. The molecule has 1 aliphatic rings. The van der Waals surface area contributed by atoms with E-state index in [1.807, 2.05) is 0 Å². The van der Waals surface area contributed by atoms with Crippen LogP contribution in [0.4, 0.5) is 10.1 Å². The number of amides is 1. The first kappa shape index (κ1) is 22.7. The number of halogens is 2. The van der Waals surface area contributed by atoms with Gasteiger partial charge < -0.3 is 5.11 Å². The highest BCUT2D eigenvalue weighted by atomic mass is 35.5. The molecule has 1 unspecified atom stereocenters. The summed E-state index contributed by atoms with van der Waals surface area (Å²) in [6, 6.07) is 15.1. The van der Waals surface area contributed by atoms with Crippen molar-refractivity contribution >= 4 is 44.8 Å². The number of carbonyl (C=O) groups is 2. The van der Waals surface area contributed by atoms with Gasteiger partial charge in [-0.2, -0.15) is 0 Å². The summed E-state index contributed by atoms with van der Waals surface area (Å²) in [5, 5.41) is 16.5. The maximum atomic E-state index is 13.6. The van der Waals surface area contributed by atoms with Crippen LogP contribution in [0.1, 0.15) is 17.2 Å². The quantitative estimate of drug-likeness (QED) is 0.331. The first-order valence-electron chi connectivity index (χ1n) is 9.53. The minimum Gasteiger partial charge on any atom is -0.507 e. The summed E-state index contributed by atoms with van der Waals surface area (Å²) in [6.45, 7) is 0. The van der Waals surface area contributed by atoms with E-state index >= 15 is 0 Å². The zero-order valence-corrected chi connectivity index (χ0v) is 18.3. The molecule has 1 heterocycles. The third-order valence-corrected chi connectivity index (χ3v) is 6.37. The molecule has 3 aromatic rings. The number of sulfonamides is 1. The number of ketones is 1. The lowest BCUT2D eigenvalue weighted by Crippen LogP contribution is -2.29. The summed E-state index contributed by atoms with van der Waals surface area (Å²) >= 11 is 5.90. The van der Waals surface area contributed by atoms with Gasteiger partial charge in [0, 0.05) is 16.3 Å². The zero-order valence-electron chi connectivity index (χ0n) is 16.8. The molecule has 33 heavy (non-hydrogen) atoms. The standard InChI is InChI=1S/C23H16ClFN2O5S/c24-15-5-1-14(2-6-15)21(28)19-20(13-3-7-16(25)8-4-13)27(23(30)22(19)29)17-9-11-18(12-10-17)33(26,31)32/h1-12,20,28H,(H2,26,31,32). The van der Waals surface area contributed by atoms with Crippen LogP contribution in [-0.2, 0) is 19.6 Å². The summed E-state index contributed by atoms with van der Waals surface area (Å²) < 4.78 is 36.7. The van der Waals surface area contributed by atoms with E-state index in [4.69, 9.17) is 16.7 Å². The Hall–Kier alpha value is -3.53. The lowest BCUT2D eigenvalue weighted by Gasteiger charge is -2.25. The molecule has 1 atom stereocenters. The average Bonchev–Trinajstić information content (AvgIpc) is 3.04. The zero-order chi connectivity index (χ0) is 23.9. The van der Waals surface area contributed by atoms with Crippen LogP contribution in [-0.4, -0.2) is 25.2 Å². The number of nitrogens with zero attached hydrogens (tertiary/aromatic N) is 1. The normalized spacial score (nSPS) is 18.0. The van der Waals surface area contributed by atoms with Crippen molar-refractivity contribution in [3.05, 3.63) is 100 Å². The molecule has 7 nitrogen and oxygen atoms in total. The van der Waals surface area contributed by atoms with Crippen molar-refractivity contribution < 1.29 is 27.5 Å². The molecule has 0 aromatic heterocycles. The van der Waals surface area contributed by atoms with Gasteiger partial charge in [0.1, 0.15) is 11.6 Å². The van der Waals surface area contributed by atoms with Gasteiger partial charge in [0.05, 0.1) is 16.5 Å². The number of aliphatic hydroxyl groups is 1. The largest absolute Gasteiger partial charge is 0.507 e. The van der Waals surface area contributed by atoms with Gasteiger partial charge in [-0.1, -0.05) is 23.7 Å². The second kappa shape index (κ2) is 8.43. The molecule has 0 radical (unpaired) electrons. The molecule has 0 bridgehead atoms. The van der Waals surface area contributed by atoms with Crippen molar-refractivity contribution in [3.8, 4) is 0 Å². The lowest BCUT2D eigenvalue weighted by molar-refractivity contribution is -0.132. The highest BCUT2D eigenvalue weighted by Gasteiger charge is 2.47. The second-order valence-electron chi connectivity index (χ2n) is 7.27. The Kier molecular flexibility index (Phi) is 5.79. The predicted octanol–water partition coefficient (Wildman–Crippen LogP) is 3.75. The molecule has 3 aromatic carbocycles. The van der Waals surface area contributed by atoms with Gasteiger partial charge in [0.2, 0.25) is 10.0 Å². The van der Waals surface area contributed by atoms with Gasteiger partial charge in [0.25, 0.3) is 11.7 Å². The van der Waals surface area contributed by atoms with E-state index < -0.39 is 39.3 Å². The van der Waals surface area contributed by atoms with Crippen molar-refractivity contribution in [3.63, 3.8) is 0 Å². The predicted molar refractivity (Wildman–Crippen MR) is 120 cm³/mol. The van der Waals surface area contributed by atoms with Crippen LogP contribution in [0, 0.1) is 5.82 Å². The van der Waals surface area contributed by atoms with Gasteiger partial charge in [-0.25, -0.2) is 17.9 Å². The summed E-state index contributed by atoms with van der Waals surface area (Å²) in [6.07, 6.45) is 0. The third-order valence-electron chi connectivity index (χ3n) is 5.19. The van der Waals surface area contributed by atoms with Gasteiger partial charge in [0.15, 0.2) is 0 Å². The average molecular weight is 487 g/mol. The fourth-order valence-corrected chi connectivity index (χ4v) is 4.26. The number of rotatable bonds is 4. The maximum Gasteiger partial charge on any atom is 0.300 e. The van der Waals surface area contributed by atoms with Crippen LogP contribution in [0.3, 0.4) is 0 Å². The minimum absolute atomic E-state index is 0.178. The SMILES string of the molecule is NS(=O)(=O)c1ccc(N2C(=O)C(=O)C(=C(O)c3ccc(Cl)cc3)C2c2ccc(F)cc2)cc1. The van der Waals surface area contributed by atoms with Gasteiger partial charge >= 0.3 is 0 Å². The Balaban J connectivity index is 1.91. The van der Waals surface area contributed by atoms with Gasteiger partial charge in [-0.05, 0) is 66.2 Å². The lowest BCUT2D eigenvalue weighted by atomic mass is 9.95. The first-order chi connectivity index (χ1) is 15.6. The van der Waals surface area contributed by atoms with E-state index in [0.29, 0.717) is 10.6 Å². The number of carbonyl (C=O) groups excluding carboxylic acids is 2. The Labute approximate surface area is 193 Å². The van der Waals surface area contributed by atoms with Crippen LogP contribution < -0.4 is 10.0 Å². The molecule has 1 aliphatic heterocycles. The summed E-state index contributed by atoms with van der Waals surface area (Å²) in [5.41, 5.74) is 0.606. The van der Waals surface area contributed by atoms with Gasteiger partial charge in [-0.15, -0.1) is 0 Å².